The third-order valence-corrected chi connectivity index (χ3v) is 4.49. The minimum atomic E-state index is -0.510. The zero-order valence-corrected chi connectivity index (χ0v) is 13.0. The summed E-state index contributed by atoms with van der Waals surface area (Å²) in [7, 11) is 0. The molecule has 0 aromatic heterocycles. The Morgan fingerprint density at radius 1 is 1.42 bits per heavy atom. The average Bonchev–Trinajstić information content (AvgIpc) is 2.39. The minimum Gasteiger partial charge on any atom is -0.443 e. The molecule has 1 rings (SSSR count). The van der Waals surface area contributed by atoms with Crippen LogP contribution in [0.4, 0.5) is 4.79 Å². The van der Waals surface area contributed by atoms with Gasteiger partial charge in [0.05, 0.1) is 6.07 Å². The van der Waals surface area contributed by atoms with Crippen molar-refractivity contribution in [2.24, 2.45) is 11.3 Å². The molecule has 2 atom stereocenters. The summed E-state index contributed by atoms with van der Waals surface area (Å²) in [5, 5.41) is 11.7. The number of ether oxygens (including phenoxy) is 1. The monoisotopic (exact) mass is 266 g/mol. The largest absolute Gasteiger partial charge is 0.443 e. The number of alkyl carbamates (subject to hydrolysis) is 1. The molecule has 1 fully saturated rings. The van der Waals surface area contributed by atoms with Crippen LogP contribution < -0.4 is 5.32 Å². The molecule has 19 heavy (non-hydrogen) atoms. The number of amides is 1. The van der Waals surface area contributed by atoms with Crippen LogP contribution in [0.2, 0.25) is 0 Å². The molecule has 0 heterocycles. The Labute approximate surface area is 116 Å². The summed E-state index contributed by atoms with van der Waals surface area (Å²) in [5.74, 6) is 0.282. The van der Waals surface area contributed by atoms with Crippen LogP contribution in [0.3, 0.4) is 0 Å². The molecule has 0 radical (unpaired) electrons. The van der Waals surface area contributed by atoms with Crippen LogP contribution in [0.1, 0.15) is 60.8 Å². The first-order valence-electron chi connectivity index (χ1n) is 6.90. The van der Waals surface area contributed by atoms with Gasteiger partial charge >= 0.3 is 6.09 Å². The van der Waals surface area contributed by atoms with Gasteiger partial charge in [0, 0.05) is 17.4 Å². The van der Waals surface area contributed by atoms with Crippen LogP contribution in [0.15, 0.2) is 0 Å². The fraction of sp³-hybridized carbons (Fsp3) is 0.867. The zero-order valence-electron chi connectivity index (χ0n) is 13.0. The van der Waals surface area contributed by atoms with E-state index in [9.17, 15) is 4.79 Å². The minimum absolute atomic E-state index is 0.183. The smallest absolute Gasteiger partial charge is 0.408 e. The SMILES string of the molecule is CC(C)(C)NC(=O)O[C@@]1(C)CC[C@@H](CC#N)C1(C)C. The van der Waals surface area contributed by atoms with Gasteiger partial charge in [-0.25, -0.2) is 4.79 Å². The number of hydrogen-bond acceptors (Lipinski definition) is 3. The highest BCUT2D eigenvalue weighted by atomic mass is 16.6. The van der Waals surface area contributed by atoms with Gasteiger partial charge in [-0.05, 0) is 46.5 Å². The molecule has 1 aliphatic rings. The van der Waals surface area contributed by atoms with E-state index >= 15 is 0 Å². The van der Waals surface area contributed by atoms with E-state index in [1.54, 1.807) is 0 Å². The van der Waals surface area contributed by atoms with Crippen molar-refractivity contribution in [2.45, 2.75) is 71.9 Å². The van der Waals surface area contributed by atoms with Gasteiger partial charge in [-0.15, -0.1) is 0 Å². The Kier molecular flexibility index (Phi) is 4.19. The van der Waals surface area contributed by atoms with Gasteiger partial charge in [-0.2, -0.15) is 5.26 Å². The Bertz CT molecular complexity index is 390. The van der Waals surface area contributed by atoms with Crippen LogP contribution in [0.25, 0.3) is 0 Å². The number of hydrogen-bond donors (Lipinski definition) is 1. The number of nitriles is 1. The molecule has 1 amide bonds. The van der Waals surface area contributed by atoms with Crippen molar-refractivity contribution in [3.05, 3.63) is 0 Å². The fourth-order valence-corrected chi connectivity index (χ4v) is 2.75. The number of carbonyl (C=O) groups is 1. The second-order valence-electron chi connectivity index (χ2n) is 7.31. The second kappa shape index (κ2) is 5.03. The molecular formula is C15H26N2O2. The Morgan fingerprint density at radius 2 is 2.00 bits per heavy atom. The molecule has 0 aliphatic heterocycles. The summed E-state index contributed by atoms with van der Waals surface area (Å²) < 4.78 is 5.71. The molecule has 1 saturated carbocycles. The van der Waals surface area contributed by atoms with Crippen LogP contribution in [-0.4, -0.2) is 17.2 Å². The highest BCUT2D eigenvalue weighted by molar-refractivity contribution is 5.68. The van der Waals surface area contributed by atoms with E-state index < -0.39 is 5.60 Å². The molecule has 0 aromatic rings. The first kappa shape index (κ1) is 15.8. The number of nitrogens with one attached hydrogen (secondary N) is 1. The third kappa shape index (κ3) is 3.40. The first-order valence-corrected chi connectivity index (χ1v) is 6.90. The van der Waals surface area contributed by atoms with E-state index in [-0.39, 0.29) is 23.0 Å². The van der Waals surface area contributed by atoms with Gasteiger partial charge in [0.1, 0.15) is 5.60 Å². The van der Waals surface area contributed by atoms with Crippen molar-refractivity contribution in [1.29, 1.82) is 5.26 Å². The normalized spacial score (nSPS) is 29.6. The Balaban J connectivity index is 2.77. The van der Waals surface area contributed by atoms with Gasteiger partial charge in [-0.3, -0.25) is 0 Å². The maximum atomic E-state index is 12.0. The highest BCUT2D eigenvalue weighted by Gasteiger charge is 2.54. The van der Waals surface area contributed by atoms with Crippen molar-refractivity contribution in [3.63, 3.8) is 0 Å². The topological polar surface area (TPSA) is 62.1 Å². The Hall–Kier alpha value is -1.24. The van der Waals surface area contributed by atoms with Gasteiger partial charge in [-0.1, -0.05) is 13.8 Å². The maximum absolute atomic E-state index is 12.0. The van der Waals surface area contributed by atoms with Crippen molar-refractivity contribution in [3.8, 4) is 6.07 Å². The van der Waals surface area contributed by atoms with Crippen LogP contribution in [-0.2, 0) is 4.74 Å². The molecule has 0 bridgehead atoms. The zero-order chi connectivity index (χ0) is 14.9. The maximum Gasteiger partial charge on any atom is 0.408 e. The molecule has 0 aromatic carbocycles. The van der Waals surface area contributed by atoms with Crippen LogP contribution >= 0.6 is 0 Å². The molecule has 0 unspecified atom stereocenters. The standard InChI is InChI=1S/C15H26N2O2/c1-13(2,3)17-12(18)19-15(6)9-7-11(8-10-16)14(15,4)5/h11H,7-9H2,1-6H3,(H,17,18)/t11-,15-/m0/s1. The quantitative estimate of drug-likeness (QED) is 0.830. The predicted molar refractivity (Wildman–Crippen MR) is 74.5 cm³/mol. The fourth-order valence-electron chi connectivity index (χ4n) is 2.75. The van der Waals surface area contributed by atoms with Crippen molar-refractivity contribution in [1.82, 2.24) is 5.32 Å². The van der Waals surface area contributed by atoms with E-state index in [4.69, 9.17) is 10.00 Å². The van der Waals surface area contributed by atoms with Crippen molar-refractivity contribution in [2.75, 3.05) is 0 Å². The molecular weight excluding hydrogens is 240 g/mol. The lowest BCUT2D eigenvalue weighted by Crippen LogP contribution is -2.49. The lowest BCUT2D eigenvalue weighted by molar-refractivity contribution is -0.0557. The summed E-state index contributed by atoms with van der Waals surface area (Å²) in [4.78, 5) is 12.0. The van der Waals surface area contributed by atoms with Crippen molar-refractivity contribution < 1.29 is 9.53 Å². The summed E-state index contributed by atoms with van der Waals surface area (Å²) in [6.45, 7) is 11.9. The van der Waals surface area contributed by atoms with E-state index in [1.165, 1.54) is 0 Å². The lowest BCUT2D eigenvalue weighted by Gasteiger charge is -2.41. The van der Waals surface area contributed by atoms with E-state index in [0.29, 0.717) is 6.42 Å². The molecule has 0 spiro atoms. The van der Waals surface area contributed by atoms with Crippen molar-refractivity contribution >= 4 is 6.09 Å². The number of carbonyl (C=O) groups excluding carboxylic acids is 1. The Morgan fingerprint density at radius 3 is 2.47 bits per heavy atom. The van der Waals surface area contributed by atoms with E-state index in [2.05, 4.69) is 25.2 Å². The first-order chi connectivity index (χ1) is 8.52. The molecule has 108 valence electrons. The van der Waals surface area contributed by atoms with Crippen LogP contribution in [0, 0.1) is 22.7 Å². The third-order valence-electron chi connectivity index (χ3n) is 4.49. The summed E-state index contributed by atoms with van der Waals surface area (Å²) >= 11 is 0. The van der Waals surface area contributed by atoms with Gasteiger partial charge in [0.25, 0.3) is 0 Å². The highest BCUT2D eigenvalue weighted by Crippen LogP contribution is 2.53. The summed E-state index contributed by atoms with van der Waals surface area (Å²) in [6.07, 6.45) is 1.89. The lowest BCUT2D eigenvalue weighted by atomic mass is 9.72. The molecule has 4 nitrogen and oxygen atoms in total. The number of nitrogens with zero attached hydrogens (tertiary/aromatic N) is 1. The summed E-state index contributed by atoms with van der Waals surface area (Å²) in [6, 6.07) is 2.24. The van der Waals surface area contributed by atoms with Gasteiger partial charge in [0.15, 0.2) is 0 Å². The predicted octanol–water partition coefficient (Wildman–Crippen LogP) is 3.62. The molecule has 1 aliphatic carbocycles. The molecule has 1 N–H and O–H groups in total. The van der Waals surface area contributed by atoms with Crippen LogP contribution in [0.5, 0.6) is 0 Å². The molecule has 0 saturated heterocycles. The summed E-state index contributed by atoms with van der Waals surface area (Å²) in [5.41, 5.74) is -0.996. The molecule has 4 heteroatoms. The van der Waals surface area contributed by atoms with E-state index in [0.717, 1.165) is 12.8 Å². The van der Waals surface area contributed by atoms with Gasteiger partial charge in [0.2, 0.25) is 0 Å². The van der Waals surface area contributed by atoms with E-state index in [1.807, 2.05) is 27.7 Å². The van der Waals surface area contributed by atoms with Gasteiger partial charge < -0.3 is 10.1 Å². The number of rotatable bonds is 2. The average molecular weight is 266 g/mol. The second-order valence-corrected chi connectivity index (χ2v) is 7.31.